The number of nitrogens with zero attached hydrogens (tertiary/aromatic N) is 3. The largest absolute Gasteiger partial charge is 0.344 e. The van der Waals surface area contributed by atoms with Gasteiger partial charge in [0.25, 0.3) is 5.56 Å². The van der Waals surface area contributed by atoms with Gasteiger partial charge in [-0.1, -0.05) is 102 Å². The number of thioether (sulfide) groups is 2. The third kappa shape index (κ3) is 7.68. The monoisotopic (exact) mass is 773 g/mol. The van der Waals surface area contributed by atoms with Gasteiger partial charge in [-0.15, -0.1) is 22.7 Å². The van der Waals surface area contributed by atoms with Crippen molar-refractivity contribution in [1.29, 1.82) is 0 Å². The Hall–Kier alpha value is -4.75. The Labute approximate surface area is 323 Å². The van der Waals surface area contributed by atoms with Gasteiger partial charge in [-0.3, -0.25) is 19.0 Å². The SMILES string of the molecule is C[C@H](Sc1nc2sc3c(c2c(=O)n1-c1ccccc1)CCCC3)C(=O)Nc1ccc2nc(SCC(=O)NC(c3ccccc3)c3ccccc3)sc2c1. The van der Waals surface area contributed by atoms with E-state index in [0.29, 0.717) is 10.8 Å². The van der Waals surface area contributed by atoms with Crippen molar-refractivity contribution >= 4 is 84.1 Å². The highest BCUT2D eigenvalue weighted by Crippen LogP contribution is 2.36. The molecular formula is C41H35N5O3S4. The molecule has 3 aromatic heterocycles. The molecule has 12 heteroatoms. The lowest BCUT2D eigenvalue weighted by atomic mass is 9.97. The summed E-state index contributed by atoms with van der Waals surface area (Å²) in [4.78, 5) is 52.6. The van der Waals surface area contributed by atoms with E-state index in [9.17, 15) is 14.4 Å². The minimum absolute atomic E-state index is 0.0790. The predicted octanol–water partition coefficient (Wildman–Crippen LogP) is 9.05. The maximum Gasteiger partial charge on any atom is 0.267 e. The Morgan fingerprint density at radius 2 is 1.53 bits per heavy atom. The zero-order valence-corrected chi connectivity index (χ0v) is 32.0. The molecule has 266 valence electrons. The van der Waals surface area contributed by atoms with Crippen molar-refractivity contribution < 1.29 is 9.59 Å². The number of benzene rings is 4. The molecule has 3 heterocycles. The summed E-state index contributed by atoms with van der Waals surface area (Å²) in [6.07, 6.45) is 4.08. The zero-order valence-electron chi connectivity index (χ0n) is 28.8. The number of hydrogen-bond donors (Lipinski definition) is 2. The minimum atomic E-state index is -0.540. The molecule has 0 spiro atoms. The second kappa shape index (κ2) is 15.7. The number of fused-ring (bicyclic) bond motifs is 4. The summed E-state index contributed by atoms with van der Waals surface area (Å²) in [7, 11) is 0. The van der Waals surface area contributed by atoms with Crippen LogP contribution in [0.4, 0.5) is 5.69 Å². The summed E-state index contributed by atoms with van der Waals surface area (Å²) in [6, 6.07) is 34.8. The third-order valence-electron chi connectivity index (χ3n) is 9.16. The van der Waals surface area contributed by atoms with Gasteiger partial charge in [0.15, 0.2) is 9.50 Å². The standard InChI is InChI=1S/C41H35N5O3S4/c1-25(51-40-45-38-35(30-19-11-12-20-32(30)52-38)39(49)46(40)29-17-9-4-10-18-29)37(48)42-28-21-22-31-33(23-28)53-41(43-31)50-24-34(47)44-36(26-13-5-2-6-14-26)27-15-7-3-8-16-27/h2-10,13-18,21-23,25,36H,11-12,19-20,24H2,1H3,(H,42,48)(H,44,47)/t25-/m0/s1. The molecule has 2 amide bonds. The Kier molecular flexibility index (Phi) is 10.4. The first-order chi connectivity index (χ1) is 25.9. The maximum atomic E-state index is 14.1. The van der Waals surface area contributed by atoms with Crippen LogP contribution in [0.3, 0.4) is 0 Å². The van der Waals surface area contributed by atoms with Gasteiger partial charge in [0.1, 0.15) is 4.83 Å². The molecule has 0 unspecified atom stereocenters. The van der Waals surface area contributed by atoms with Gasteiger partial charge in [0.05, 0.1) is 38.3 Å². The van der Waals surface area contributed by atoms with E-state index >= 15 is 0 Å². The van der Waals surface area contributed by atoms with Gasteiger partial charge in [-0.25, -0.2) is 9.97 Å². The number of aryl methyl sites for hydroxylation is 2. The fourth-order valence-corrected chi connectivity index (χ4v) is 10.7. The van der Waals surface area contributed by atoms with Crippen molar-refractivity contribution in [2.45, 2.75) is 53.4 Å². The fraction of sp³-hybridized carbons (Fsp3) is 0.195. The van der Waals surface area contributed by atoms with Gasteiger partial charge in [-0.2, -0.15) is 0 Å². The molecule has 1 atom stereocenters. The second-order valence-electron chi connectivity index (χ2n) is 12.8. The van der Waals surface area contributed by atoms with Crippen LogP contribution in [0.15, 0.2) is 123 Å². The van der Waals surface area contributed by atoms with Crippen LogP contribution in [-0.2, 0) is 22.4 Å². The summed E-state index contributed by atoms with van der Waals surface area (Å²) >= 11 is 5.77. The first kappa shape index (κ1) is 35.3. The van der Waals surface area contributed by atoms with Crippen LogP contribution in [0.2, 0.25) is 0 Å². The highest BCUT2D eigenvalue weighted by atomic mass is 32.2. The van der Waals surface area contributed by atoms with Crippen LogP contribution in [0.1, 0.15) is 47.4 Å². The van der Waals surface area contributed by atoms with E-state index in [1.807, 2.05) is 116 Å². The molecule has 0 fully saturated rings. The molecule has 0 saturated carbocycles. The average molecular weight is 774 g/mol. The summed E-state index contributed by atoms with van der Waals surface area (Å²) < 4.78 is 3.34. The Bertz CT molecular complexity index is 2440. The lowest BCUT2D eigenvalue weighted by Gasteiger charge is -2.19. The molecule has 0 aliphatic heterocycles. The van der Waals surface area contributed by atoms with Crippen molar-refractivity contribution in [2.75, 3.05) is 11.1 Å². The first-order valence-corrected chi connectivity index (χ1v) is 20.9. The number of thiophene rings is 1. The zero-order chi connectivity index (χ0) is 36.3. The molecular weight excluding hydrogens is 739 g/mol. The van der Waals surface area contributed by atoms with Crippen LogP contribution < -0.4 is 16.2 Å². The van der Waals surface area contributed by atoms with E-state index in [-0.39, 0.29) is 29.2 Å². The van der Waals surface area contributed by atoms with Crippen molar-refractivity contribution in [3.63, 3.8) is 0 Å². The lowest BCUT2D eigenvalue weighted by Crippen LogP contribution is -2.30. The summed E-state index contributed by atoms with van der Waals surface area (Å²) in [5.41, 5.74) is 5.27. The van der Waals surface area contributed by atoms with E-state index in [1.54, 1.807) is 15.9 Å². The predicted molar refractivity (Wildman–Crippen MR) is 219 cm³/mol. The number of amides is 2. The van der Waals surface area contributed by atoms with Crippen LogP contribution in [0, 0.1) is 0 Å². The molecule has 2 N–H and O–H groups in total. The number of aromatic nitrogens is 3. The summed E-state index contributed by atoms with van der Waals surface area (Å²) in [6.45, 7) is 1.83. The number of hydrogen-bond acceptors (Lipinski definition) is 9. The topological polar surface area (TPSA) is 106 Å². The van der Waals surface area contributed by atoms with Gasteiger partial charge in [0, 0.05) is 10.6 Å². The smallest absolute Gasteiger partial charge is 0.267 e. The average Bonchev–Trinajstić information content (AvgIpc) is 3.78. The molecule has 53 heavy (non-hydrogen) atoms. The number of para-hydroxylation sites is 1. The van der Waals surface area contributed by atoms with Crippen LogP contribution in [0.5, 0.6) is 0 Å². The summed E-state index contributed by atoms with van der Waals surface area (Å²) in [5.74, 6) is -0.0663. The van der Waals surface area contributed by atoms with Crippen molar-refractivity contribution in [2.24, 2.45) is 0 Å². The highest BCUT2D eigenvalue weighted by Gasteiger charge is 2.25. The first-order valence-electron chi connectivity index (χ1n) is 17.4. The van der Waals surface area contributed by atoms with Gasteiger partial charge in [-0.05, 0) is 79.6 Å². The number of carbonyl (C=O) groups is 2. The normalized spacial score (nSPS) is 13.2. The van der Waals surface area contributed by atoms with E-state index in [2.05, 4.69) is 10.6 Å². The fourth-order valence-electron chi connectivity index (χ4n) is 6.55. The minimum Gasteiger partial charge on any atom is -0.344 e. The van der Waals surface area contributed by atoms with E-state index in [1.165, 1.54) is 39.7 Å². The van der Waals surface area contributed by atoms with E-state index < -0.39 is 5.25 Å². The third-order valence-corrected chi connectivity index (χ3v) is 13.6. The van der Waals surface area contributed by atoms with E-state index in [4.69, 9.17) is 9.97 Å². The molecule has 1 aliphatic rings. The van der Waals surface area contributed by atoms with E-state index in [0.717, 1.165) is 72.8 Å². The van der Waals surface area contributed by atoms with Gasteiger partial charge >= 0.3 is 0 Å². The number of nitrogens with one attached hydrogen (secondary N) is 2. The molecule has 0 bridgehead atoms. The van der Waals surface area contributed by atoms with Crippen LogP contribution >= 0.6 is 46.2 Å². The molecule has 8 nitrogen and oxygen atoms in total. The van der Waals surface area contributed by atoms with Gasteiger partial charge in [0.2, 0.25) is 11.8 Å². The number of carbonyl (C=O) groups excluding carboxylic acids is 2. The van der Waals surface area contributed by atoms with Crippen molar-refractivity contribution in [1.82, 2.24) is 19.9 Å². The lowest BCUT2D eigenvalue weighted by molar-refractivity contribution is -0.119. The van der Waals surface area contributed by atoms with Crippen LogP contribution in [0.25, 0.3) is 26.1 Å². The van der Waals surface area contributed by atoms with Crippen LogP contribution in [-0.4, -0.2) is 37.4 Å². The Morgan fingerprint density at radius 3 is 2.25 bits per heavy atom. The Morgan fingerprint density at radius 1 is 0.849 bits per heavy atom. The molecule has 7 aromatic rings. The quantitative estimate of drug-likeness (QED) is 0.0999. The second-order valence-corrected chi connectivity index (χ2v) is 17.4. The number of thiazole rings is 1. The molecule has 0 saturated heterocycles. The Balaban J connectivity index is 0.953. The summed E-state index contributed by atoms with van der Waals surface area (Å²) in [5, 5.41) is 6.92. The number of anilines is 1. The molecule has 0 radical (unpaired) electrons. The molecule has 8 rings (SSSR count). The highest BCUT2D eigenvalue weighted by molar-refractivity contribution is 8.01. The molecule has 1 aliphatic carbocycles. The van der Waals surface area contributed by atoms with Crippen molar-refractivity contribution in [3.05, 3.63) is 141 Å². The maximum absolute atomic E-state index is 14.1. The number of rotatable bonds is 11. The van der Waals surface area contributed by atoms with Gasteiger partial charge < -0.3 is 10.6 Å². The molecule has 4 aromatic carbocycles. The van der Waals surface area contributed by atoms with Crippen molar-refractivity contribution in [3.8, 4) is 5.69 Å².